The largest absolute Gasteiger partial charge is 0.503 e. The number of phenolic OH excluding ortho intramolecular Hbond substituents is 1. The van der Waals surface area contributed by atoms with Crippen molar-refractivity contribution >= 4 is 57.6 Å². The summed E-state index contributed by atoms with van der Waals surface area (Å²) in [5.74, 6) is -4.00. The molecule has 4 atom stereocenters. The number of amides is 2. The van der Waals surface area contributed by atoms with Crippen LogP contribution < -0.4 is 15.1 Å². The first-order valence-corrected chi connectivity index (χ1v) is 13.9. The monoisotopic (exact) mass is 617 g/mol. The van der Waals surface area contributed by atoms with Gasteiger partial charge in [-0.05, 0) is 83.0 Å². The first kappa shape index (κ1) is 27.4. The SMILES string of the molecule is COc1cc([C@H]2C3=CC[C@@H]4C(=O)N(c5cccc(B(O)O)c5)C(=O)[C@@H]4[C@@H]3CC3=C2C(=O)C=C(C)C3=O)cc(Br)c1O. The van der Waals surface area contributed by atoms with Crippen LogP contribution >= 0.6 is 15.9 Å². The van der Waals surface area contributed by atoms with E-state index < -0.39 is 42.6 Å². The zero-order valence-electron chi connectivity index (χ0n) is 22.1. The Morgan fingerprint density at radius 2 is 1.80 bits per heavy atom. The van der Waals surface area contributed by atoms with Gasteiger partial charge in [-0.2, -0.15) is 0 Å². The molecule has 41 heavy (non-hydrogen) atoms. The minimum Gasteiger partial charge on any atom is -0.503 e. The highest BCUT2D eigenvalue weighted by Crippen LogP contribution is 2.56. The van der Waals surface area contributed by atoms with Gasteiger partial charge in [0.05, 0.1) is 29.1 Å². The maximum Gasteiger partial charge on any atom is 0.488 e. The van der Waals surface area contributed by atoms with Gasteiger partial charge in [-0.25, -0.2) is 0 Å². The number of fused-ring (bicyclic) bond motifs is 3. The molecule has 1 heterocycles. The summed E-state index contributed by atoms with van der Waals surface area (Å²) in [4.78, 5) is 55.6. The number of rotatable bonds is 4. The number of nitrogens with zero attached hydrogens (tertiary/aromatic N) is 1. The van der Waals surface area contributed by atoms with Crippen molar-refractivity contribution < 1.29 is 39.1 Å². The van der Waals surface area contributed by atoms with Crippen LogP contribution in [0.3, 0.4) is 0 Å². The molecular weight excluding hydrogens is 593 g/mol. The van der Waals surface area contributed by atoms with Gasteiger partial charge in [0.25, 0.3) is 0 Å². The van der Waals surface area contributed by atoms with Crippen LogP contribution in [-0.2, 0) is 19.2 Å². The number of phenols is 1. The molecule has 1 fully saturated rings. The molecule has 0 aromatic heterocycles. The first-order chi connectivity index (χ1) is 19.5. The topological polar surface area (TPSA) is 141 Å². The Labute approximate surface area is 244 Å². The number of methoxy groups -OCH3 is 1. The Morgan fingerprint density at radius 1 is 1.05 bits per heavy atom. The highest BCUT2D eigenvalue weighted by Gasteiger charge is 2.56. The van der Waals surface area contributed by atoms with Crippen molar-refractivity contribution in [3.63, 3.8) is 0 Å². The molecule has 4 aliphatic rings. The van der Waals surface area contributed by atoms with E-state index >= 15 is 0 Å². The molecule has 2 aromatic rings. The van der Waals surface area contributed by atoms with Crippen LogP contribution in [0.25, 0.3) is 0 Å². The van der Waals surface area contributed by atoms with E-state index in [2.05, 4.69) is 15.9 Å². The number of imide groups is 1. The van der Waals surface area contributed by atoms with Gasteiger partial charge in [0.1, 0.15) is 0 Å². The summed E-state index contributed by atoms with van der Waals surface area (Å²) in [6.07, 6.45) is 3.63. The Morgan fingerprint density at radius 3 is 2.51 bits per heavy atom. The Bertz CT molecular complexity index is 1660. The minimum absolute atomic E-state index is 0.111. The molecule has 208 valence electrons. The molecule has 1 saturated heterocycles. The van der Waals surface area contributed by atoms with Crippen LogP contribution in [-0.4, -0.2) is 52.8 Å². The van der Waals surface area contributed by atoms with Crippen LogP contribution in [0.15, 0.2) is 75.3 Å². The van der Waals surface area contributed by atoms with Gasteiger partial charge in [-0.1, -0.05) is 23.8 Å². The quantitative estimate of drug-likeness (QED) is 0.206. The summed E-state index contributed by atoms with van der Waals surface area (Å²) in [6, 6.07) is 9.28. The van der Waals surface area contributed by atoms with Crippen molar-refractivity contribution in [3.8, 4) is 11.5 Å². The number of halogens is 1. The van der Waals surface area contributed by atoms with Gasteiger partial charge in [0, 0.05) is 22.6 Å². The standard InChI is InChI=1S/C30H25BBrNO8/c1-13-8-22(34)26-20(27(13)35)12-19-17(24(26)14-9-21(32)28(36)23(10-14)41-2)6-7-18-25(19)30(38)33(29(18)37)16-5-3-4-15(11-16)31(39)40/h3-6,8-11,18-19,24-25,36,39-40H,7,12H2,1-2H3/t18-,19+,24-,25-/m0/s1. The van der Waals surface area contributed by atoms with Gasteiger partial charge in [-0.15, -0.1) is 0 Å². The number of aromatic hydroxyl groups is 1. The van der Waals surface area contributed by atoms with Gasteiger partial charge in [0.15, 0.2) is 23.1 Å². The fourth-order valence-electron chi connectivity index (χ4n) is 6.76. The average molecular weight is 618 g/mol. The molecule has 1 aliphatic heterocycles. The van der Waals surface area contributed by atoms with Crippen LogP contribution in [0, 0.1) is 17.8 Å². The van der Waals surface area contributed by atoms with Crippen LogP contribution in [0.1, 0.15) is 31.2 Å². The molecule has 0 radical (unpaired) electrons. The van der Waals surface area contributed by atoms with Gasteiger partial charge in [-0.3, -0.25) is 24.1 Å². The summed E-state index contributed by atoms with van der Waals surface area (Å²) in [6.45, 7) is 1.59. The highest BCUT2D eigenvalue weighted by atomic mass is 79.9. The number of ether oxygens (including phenoxy) is 1. The summed E-state index contributed by atoms with van der Waals surface area (Å²) >= 11 is 3.36. The molecule has 11 heteroatoms. The number of ketones is 2. The van der Waals surface area contributed by atoms with Crippen molar-refractivity contribution in [2.24, 2.45) is 17.8 Å². The highest BCUT2D eigenvalue weighted by molar-refractivity contribution is 9.10. The number of anilines is 1. The molecule has 2 aromatic carbocycles. The lowest BCUT2D eigenvalue weighted by molar-refractivity contribution is -0.123. The van der Waals surface area contributed by atoms with Crippen molar-refractivity contribution in [1.29, 1.82) is 0 Å². The second kappa shape index (κ2) is 9.94. The van der Waals surface area contributed by atoms with Gasteiger partial charge in [0.2, 0.25) is 11.8 Å². The summed E-state index contributed by atoms with van der Waals surface area (Å²) in [5, 5.41) is 29.7. The van der Waals surface area contributed by atoms with Gasteiger partial charge < -0.3 is 19.9 Å². The van der Waals surface area contributed by atoms with Crippen molar-refractivity contribution in [3.05, 3.63) is 80.9 Å². The number of carbonyl (C=O) groups is 4. The second-order valence-electron chi connectivity index (χ2n) is 10.8. The zero-order valence-corrected chi connectivity index (χ0v) is 23.7. The molecule has 0 unspecified atom stereocenters. The van der Waals surface area contributed by atoms with E-state index in [0.29, 0.717) is 26.8 Å². The summed E-state index contributed by atoms with van der Waals surface area (Å²) in [5.41, 5.74) is 2.72. The fraction of sp³-hybridized carbons (Fsp3) is 0.267. The molecule has 6 rings (SSSR count). The molecular formula is C30H25BBrNO8. The molecule has 0 saturated carbocycles. The average Bonchev–Trinajstić information content (AvgIpc) is 3.21. The van der Waals surface area contributed by atoms with E-state index in [1.54, 1.807) is 31.2 Å². The van der Waals surface area contributed by atoms with Crippen LogP contribution in [0.4, 0.5) is 5.69 Å². The lowest BCUT2D eigenvalue weighted by Crippen LogP contribution is -2.40. The summed E-state index contributed by atoms with van der Waals surface area (Å²) in [7, 11) is -0.358. The van der Waals surface area contributed by atoms with Crippen molar-refractivity contribution in [1.82, 2.24) is 0 Å². The lowest BCUT2D eigenvalue weighted by atomic mass is 9.59. The molecule has 3 N–H and O–H groups in total. The maximum atomic E-state index is 14.0. The van der Waals surface area contributed by atoms with Crippen LogP contribution in [0.2, 0.25) is 0 Å². The number of benzene rings is 2. The predicted octanol–water partition coefficient (Wildman–Crippen LogP) is 2.48. The van der Waals surface area contributed by atoms with Gasteiger partial charge >= 0.3 is 7.12 Å². The summed E-state index contributed by atoms with van der Waals surface area (Å²) < 4.78 is 5.71. The third kappa shape index (κ3) is 4.14. The number of allylic oxidation sites excluding steroid dienone is 6. The number of hydrogen-bond acceptors (Lipinski definition) is 8. The van der Waals surface area contributed by atoms with E-state index in [4.69, 9.17) is 4.74 Å². The zero-order chi connectivity index (χ0) is 29.3. The minimum atomic E-state index is -1.77. The van der Waals surface area contributed by atoms with E-state index in [1.165, 1.54) is 25.3 Å². The number of hydrogen-bond donors (Lipinski definition) is 3. The molecule has 2 amide bonds. The second-order valence-corrected chi connectivity index (χ2v) is 11.6. The first-order valence-electron chi connectivity index (χ1n) is 13.1. The molecule has 0 bridgehead atoms. The Balaban J connectivity index is 1.49. The fourth-order valence-corrected chi connectivity index (χ4v) is 7.22. The van der Waals surface area contributed by atoms with E-state index in [0.717, 1.165) is 10.5 Å². The smallest absolute Gasteiger partial charge is 0.488 e. The van der Waals surface area contributed by atoms with E-state index in [9.17, 15) is 34.3 Å². The van der Waals surface area contributed by atoms with E-state index in [1.807, 2.05) is 6.08 Å². The van der Waals surface area contributed by atoms with Crippen LogP contribution in [0.5, 0.6) is 11.5 Å². The Kier molecular flexibility index (Phi) is 6.63. The lowest BCUT2D eigenvalue weighted by Gasteiger charge is -2.42. The predicted molar refractivity (Wildman–Crippen MR) is 152 cm³/mol. The molecule has 0 spiro atoms. The third-order valence-electron chi connectivity index (χ3n) is 8.59. The molecule has 9 nitrogen and oxygen atoms in total. The number of Topliss-reactive ketones (excluding diaryl/α,β-unsaturated/α-hetero) is 1. The van der Waals surface area contributed by atoms with Crippen molar-refractivity contribution in [2.75, 3.05) is 12.0 Å². The van der Waals surface area contributed by atoms with E-state index in [-0.39, 0.29) is 47.1 Å². The normalized spacial score (nSPS) is 25.4. The Hall–Kier alpha value is -3.80. The number of carbonyl (C=O) groups excluding carboxylic acids is 4. The maximum absolute atomic E-state index is 14.0. The molecule has 3 aliphatic carbocycles. The van der Waals surface area contributed by atoms with Crippen molar-refractivity contribution in [2.45, 2.75) is 25.7 Å². The third-order valence-corrected chi connectivity index (χ3v) is 9.20.